The molecule has 1 aliphatic carbocycles. The van der Waals surface area contributed by atoms with Crippen LogP contribution in [0.4, 0.5) is 5.69 Å². The molecule has 1 aliphatic rings. The Morgan fingerprint density at radius 1 is 1.12 bits per heavy atom. The zero-order valence-electron chi connectivity index (χ0n) is 10.1. The zero-order chi connectivity index (χ0) is 11.5. The maximum absolute atomic E-state index is 6.42. The molecule has 0 radical (unpaired) electrons. The predicted octanol–water partition coefficient (Wildman–Crippen LogP) is 3.98. The van der Waals surface area contributed by atoms with Gasteiger partial charge in [0.05, 0.1) is 5.38 Å². The van der Waals surface area contributed by atoms with Gasteiger partial charge in [0, 0.05) is 18.8 Å². The first-order valence-electron chi connectivity index (χ1n) is 6.12. The summed E-state index contributed by atoms with van der Waals surface area (Å²) in [7, 11) is 2.16. The number of alkyl halides is 1. The molecular weight excluding hydrogens is 218 g/mol. The molecule has 0 aliphatic heterocycles. The van der Waals surface area contributed by atoms with Crippen molar-refractivity contribution < 1.29 is 0 Å². The minimum atomic E-state index is 0.306. The molecule has 0 saturated heterocycles. The number of aryl methyl sites for hydroxylation is 1. The fraction of sp³-hybridized carbons (Fsp3) is 0.571. The van der Waals surface area contributed by atoms with E-state index in [2.05, 4.69) is 43.1 Å². The highest BCUT2D eigenvalue weighted by molar-refractivity contribution is 6.21. The van der Waals surface area contributed by atoms with E-state index in [1.807, 2.05) is 0 Å². The van der Waals surface area contributed by atoms with Crippen LogP contribution in [-0.2, 0) is 0 Å². The van der Waals surface area contributed by atoms with Crippen LogP contribution in [0.5, 0.6) is 0 Å². The molecule has 1 fully saturated rings. The van der Waals surface area contributed by atoms with E-state index < -0.39 is 0 Å². The number of nitrogens with zero attached hydrogens (tertiary/aromatic N) is 1. The summed E-state index contributed by atoms with van der Waals surface area (Å²) in [5.74, 6) is 0. The summed E-state index contributed by atoms with van der Waals surface area (Å²) in [6, 6.07) is 9.20. The van der Waals surface area contributed by atoms with Gasteiger partial charge in [-0.15, -0.1) is 11.6 Å². The summed E-state index contributed by atoms with van der Waals surface area (Å²) in [4.78, 5) is 2.34. The van der Waals surface area contributed by atoms with Gasteiger partial charge >= 0.3 is 0 Å². The van der Waals surface area contributed by atoms with Gasteiger partial charge in [-0.2, -0.15) is 0 Å². The molecule has 0 bridgehead atoms. The fourth-order valence-electron chi connectivity index (χ4n) is 2.47. The third-order valence-corrected chi connectivity index (χ3v) is 4.10. The summed E-state index contributed by atoms with van der Waals surface area (Å²) in [5, 5.41) is 0.306. The van der Waals surface area contributed by atoms with E-state index in [9.17, 15) is 0 Å². The van der Waals surface area contributed by atoms with Crippen molar-refractivity contribution in [2.24, 2.45) is 0 Å². The van der Waals surface area contributed by atoms with Gasteiger partial charge in [0.25, 0.3) is 0 Å². The Kier molecular flexibility index (Phi) is 3.75. The second-order valence-corrected chi connectivity index (χ2v) is 5.37. The van der Waals surface area contributed by atoms with E-state index in [0.717, 1.165) is 6.42 Å². The van der Waals surface area contributed by atoms with Crippen molar-refractivity contribution in [3.8, 4) is 0 Å². The van der Waals surface area contributed by atoms with Crippen LogP contribution in [0.15, 0.2) is 24.3 Å². The normalized spacial score (nSPS) is 25.4. The standard InChI is InChI=1S/C14H20ClN/c1-11-7-9-12(10-8-11)16(2)14-6-4-3-5-13(14)15/h7-10,13-14H,3-6H2,1-2H3/t13-,14-/m1/s1. The SMILES string of the molecule is Cc1ccc(N(C)[C@@H]2CCCC[C@H]2Cl)cc1. The Hall–Kier alpha value is -0.690. The summed E-state index contributed by atoms with van der Waals surface area (Å²) in [6.45, 7) is 2.12. The third kappa shape index (κ3) is 2.52. The highest BCUT2D eigenvalue weighted by Gasteiger charge is 2.26. The van der Waals surface area contributed by atoms with Gasteiger partial charge in [0.1, 0.15) is 0 Å². The van der Waals surface area contributed by atoms with E-state index in [-0.39, 0.29) is 0 Å². The second-order valence-electron chi connectivity index (χ2n) is 4.81. The Bertz CT molecular complexity index is 333. The number of benzene rings is 1. The quantitative estimate of drug-likeness (QED) is 0.704. The van der Waals surface area contributed by atoms with Gasteiger partial charge in [-0.3, -0.25) is 0 Å². The molecule has 0 heterocycles. The van der Waals surface area contributed by atoms with Crippen molar-refractivity contribution in [1.82, 2.24) is 0 Å². The summed E-state index contributed by atoms with van der Waals surface area (Å²) < 4.78 is 0. The highest BCUT2D eigenvalue weighted by Crippen LogP contribution is 2.29. The second kappa shape index (κ2) is 5.09. The Labute approximate surface area is 103 Å². The van der Waals surface area contributed by atoms with Gasteiger partial charge < -0.3 is 4.90 Å². The molecule has 0 N–H and O–H groups in total. The van der Waals surface area contributed by atoms with Crippen molar-refractivity contribution >= 4 is 17.3 Å². The van der Waals surface area contributed by atoms with E-state index >= 15 is 0 Å². The van der Waals surface area contributed by atoms with E-state index in [0.29, 0.717) is 11.4 Å². The van der Waals surface area contributed by atoms with E-state index in [4.69, 9.17) is 11.6 Å². The average molecular weight is 238 g/mol. The molecule has 1 saturated carbocycles. The number of hydrogen-bond acceptors (Lipinski definition) is 1. The van der Waals surface area contributed by atoms with Gasteiger partial charge in [0.15, 0.2) is 0 Å². The van der Waals surface area contributed by atoms with Crippen molar-refractivity contribution in [3.05, 3.63) is 29.8 Å². The number of anilines is 1. The van der Waals surface area contributed by atoms with Crippen LogP contribution in [-0.4, -0.2) is 18.5 Å². The predicted molar refractivity (Wildman–Crippen MR) is 71.5 cm³/mol. The first kappa shape index (κ1) is 11.8. The van der Waals surface area contributed by atoms with Crippen LogP contribution in [0.1, 0.15) is 31.2 Å². The molecule has 1 nitrogen and oxygen atoms in total. The van der Waals surface area contributed by atoms with Gasteiger partial charge in [0.2, 0.25) is 0 Å². The molecule has 16 heavy (non-hydrogen) atoms. The average Bonchev–Trinajstić information content (AvgIpc) is 2.30. The minimum Gasteiger partial charge on any atom is -0.370 e. The lowest BCUT2D eigenvalue weighted by molar-refractivity contribution is 0.434. The molecule has 0 aromatic heterocycles. The van der Waals surface area contributed by atoms with Crippen LogP contribution >= 0.6 is 11.6 Å². The molecular formula is C14H20ClN. The van der Waals surface area contributed by atoms with Crippen LogP contribution in [0, 0.1) is 6.92 Å². The monoisotopic (exact) mass is 237 g/mol. The smallest absolute Gasteiger partial charge is 0.0539 e. The molecule has 0 spiro atoms. The first-order valence-corrected chi connectivity index (χ1v) is 6.55. The van der Waals surface area contributed by atoms with Gasteiger partial charge in [-0.05, 0) is 31.9 Å². The van der Waals surface area contributed by atoms with Crippen molar-refractivity contribution in [3.63, 3.8) is 0 Å². The molecule has 2 rings (SSSR count). The third-order valence-electron chi connectivity index (χ3n) is 3.59. The van der Waals surface area contributed by atoms with Crippen molar-refractivity contribution in [2.75, 3.05) is 11.9 Å². The summed E-state index contributed by atoms with van der Waals surface area (Å²) in [5.41, 5.74) is 2.59. The highest BCUT2D eigenvalue weighted by atomic mass is 35.5. The van der Waals surface area contributed by atoms with E-state index in [1.54, 1.807) is 0 Å². The fourth-order valence-corrected chi connectivity index (χ4v) is 2.92. The van der Waals surface area contributed by atoms with Crippen LogP contribution in [0.2, 0.25) is 0 Å². The summed E-state index contributed by atoms with van der Waals surface area (Å²) in [6.07, 6.45) is 4.97. The number of halogens is 1. The molecule has 2 heteroatoms. The first-order chi connectivity index (χ1) is 7.68. The van der Waals surface area contributed by atoms with Gasteiger partial charge in [-0.25, -0.2) is 0 Å². The lowest BCUT2D eigenvalue weighted by Gasteiger charge is -2.36. The molecule has 0 unspecified atom stereocenters. The van der Waals surface area contributed by atoms with Crippen molar-refractivity contribution in [2.45, 2.75) is 44.0 Å². The van der Waals surface area contributed by atoms with Gasteiger partial charge in [-0.1, -0.05) is 30.5 Å². The Balaban J connectivity index is 2.11. The Morgan fingerprint density at radius 3 is 2.38 bits per heavy atom. The van der Waals surface area contributed by atoms with Crippen LogP contribution < -0.4 is 4.90 Å². The molecule has 88 valence electrons. The van der Waals surface area contributed by atoms with Crippen LogP contribution in [0.25, 0.3) is 0 Å². The minimum absolute atomic E-state index is 0.306. The Morgan fingerprint density at radius 2 is 1.75 bits per heavy atom. The molecule has 1 aromatic carbocycles. The number of hydrogen-bond donors (Lipinski definition) is 0. The molecule has 1 aromatic rings. The number of rotatable bonds is 2. The summed E-state index contributed by atoms with van der Waals surface area (Å²) >= 11 is 6.42. The topological polar surface area (TPSA) is 3.24 Å². The lowest BCUT2D eigenvalue weighted by atomic mass is 9.93. The molecule has 0 amide bonds. The maximum atomic E-state index is 6.42. The van der Waals surface area contributed by atoms with E-state index in [1.165, 1.54) is 30.5 Å². The van der Waals surface area contributed by atoms with Crippen LogP contribution in [0.3, 0.4) is 0 Å². The lowest BCUT2D eigenvalue weighted by Crippen LogP contribution is -2.40. The largest absolute Gasteiger partial charge is 0.370 e. The molecule has 2 atom stereocenters. The maximum Gasteiger partial charge on any atom is 0.0539 e. The zero-order valence-corrected chi connectivity index (χ0v) is 10.9. The van der Waals surface area contributed by atoms with Crippen molar-refractivity contribution in [1.29, 1.82) is 0 Å².